The highest BCUT2D eigenvalue weighted by molar-refractivity contribution is 5.85. The first-order valence-corrected chi connectivity index (χ1v) is 10.2. The Kier molecular flexibility index (Phi) is 9.43. The highest BCUT2D eigenvalue weighted by Gasteiger charge is 2.38. The molecule has 1 N–H and O–H groups in total. The summed E-state index contributed by atoms with van der Waals surface area (Å²) in [7, 11) is 2.10. The van der Waals surface area contributed by atoms with Crippen molar-refractivity contribution in [1.29, 1.82) is 0 Å². The zero-order chi connectivity index (χ0) is 19.3. The minimum absolute atomic E-state index is 0. The molecular weight excluding hydrogens is 421 g/mol. The molecule has 2 aromatic rings. The summed E-state index contributed by atoms with van der Waals surface area (Å²) < 4.78 is 5.86. The fourth-order valence-corrected chi connectivity index (χ4v) is 3.73. The highest BCUT2D eigenvalue weighted by Crippen LogP contribution is 2.41. The molecule has 0 radical (unpaired) electrons. The Labute approximate surface area is 191 Å². The van der Waals surface area contributed by atoms with Gasteiger partial charge in [-0.05, 0) is 36.7 Å². The molecule has 164 valence electrons. The molecule has 30 heavy (non-hydrogen) atoms. The van der Waals surface area contributed by atoms with Gasteiger partial charge in [0.2, 0.25) is 5.91 Å². The summed E-state index contributed by atoms with van der Waals surface area (Å²) in [6, 6.07) is 19.0. The number of carbonyl (C=O) groups excluding carboxylic acids is 1. The van der Waals surface area contributed by atoms with Gasteiger partial charge in [-0.25, -0.2) is 0 Å². The Balaban J connectivity index is 0.00000160. The number of likely N-dealkylation sites (N-methyl/N-ethyl adjacent to an activating group) is 1. The lowest BCUT2D eigenvalue weighted by Crippen LogP contribution is -2.49. The summed E-state index contributed by atoms with van der Waals surface area (Å²) in [6.07, 6.45) is 1.10. The second-order valence-corrected chi connectivity index (χ2v) is 7.86. The van der Waals surface area contributed by atoms with Crippen LogP contribution in [0.3, 0.4) is 0 Å². The topological polar surface area (TPSA) is 44.8 Å². The van der Waals surface area contributed by atoms with Crippen molar-refractivity contribution < 1.29 is 9.53 Å². The summed E-state index contributed by atoms with van der Waals surface area (Å²) in [5.74, 6) is 1.62. The molecular formula is C23H31Cl2N3O2. The predicted molar refractivity (Wildman–Crippen MR) is 125 cm³/mol. The molecule has 5 nitrogen and oxygen atoms in total. The van der Waals surface area contributed by atoms with Crippen LogP contribution in [-0.4, -0.2) is 61.5 Å². The van der Waals surface area contributed by atoms with Gasteiger partial charge in [-0.1, -0.05) is 42.5 Å². The lowest BCUT2D eigenvalue weighted by atomic mass is 10.1. The average molecular weight is 452 g/mol. The summed E-state index contributed by atoms with van der Waals surface area (Å²) in [5, 5.41) is 3.44. The van der Waals surface area contributed by atoms with E-state index < -0.39 is 0 Å². The van der Waals surface area contributed by atoms with Gasteiger partial charge in [-0.2, -0.15) is 0 Å². The highest BCUT2D eigenvalue weighted by atomic mass is 35.5. The van der Waals surface area contributed by atoms with Crippen LogP contribution in [0.5, 0.6) is 5.75 Å². The summed E-state index contributed by atoms with van der Waals surface area (Å²) in [5.41, 5.74) is 2.49. The molecule has 1 aliphatic carbocycles. The Morgan fingerprint density at radius 3 is 2.33 bits per heavy atom. The molecule has 0 bridgehead atoms. The molecule has 0 spiro atoms. The van der Waals surface area contributed by atoms with E-state index in [9.17, 15) is 4.79 Å². The van der Waals surface area contributed by atoms with E-state index in [0.29, 0.717) is 25.1 Å². The molecule has 1 saturated heterocycles. The van der Waals surface area contributed by atoms with Gasteiger partial charge in [0.25, 0.3) is 0 Å². The smallest absolute Gasteiger partial charge is 0.236 e. The van der Waals surface area contributed by atoms with Crippen LogP contribution in [0.2, 0.25) is 0 Å². The summed E-state index contributed by atoms with van der Waals surface area (Å²) >= 11 is 0. The molecule has 2 atom stereocenters. The van der Waals surface area contributed by atoms with Gasteiger partial charge in [-0.15, -0.1) is 24.8 Å². The quantitative estimate of drug-likeness (QED) is 0.700. The second kappa shape index (κ2) is 11.6. The molecule has 7 heteroatoms. The zero-order valence-electron chi connectivity index (χ0n) is 17.3. The normalized spacial score (nSPS) is 20.6. The van der Waals surface area contributed by atoms with Crippen molar-refractivity contribution in [3.63, 3.8) is 0 Å². The molecule has 1 amide bonds. The first kappa shape index (κ1) is 24.5. The zero-order valence-corrected chi connectivity index (χ0v) is 19.0. The predicted octanol–water partition coefficient (Wildman–Crippen LogP) is 3.33. The number of piperazine rings is 1. The molecule has 0 aromatic heterocycles. The number of benzene rings is 2. The van der Waals surface area contributed by atoms with Gasteiger partial charge in [0.05, 0.1) is 6.54 Å². The maximum atomic E-state index is 12.3. The van der Waals surface area contributed by atoms with Crippen molar-refractivity contribution in [2.45, 2.75) is 25.0 Å². The van der Waals surface area contributed by atoms with Crippen LogP contribution in [0.4, 0.5) is 0 Å². The molecule has 1 heterocycles. The maximum absolute atomic E-state index is 12.3. The van der Waals surface area contributed by atoms with Crippen molar-refractivity contribution in [2.75, 3.05) is 39.8 Å². The third kappa shape index (κ3) is 6.61. The number of nitrogens with one attached hydrogen (secondary N) is 1. The number of carbonyl (C=O) groups is 1. The largest absolute Gasteiger partial charge is 0.489 e. The van der Waals surface area contributed by atoms with E-state index in [2.05, 4.69) is 41.5 Å². The van der Waals surface area contributed by atoms with Gasteiger partial charge < -0.3 is 19.9 Å². The summed E-state index contributed by atoms with van der Waals surface area (Å²) in [6.45, 7) is 4.66. The van der Waals surface area contributed by atoms with Gasteiger partial charge >= 0.3 is 0 Å². The van der Waals surface area contributed by atoms with Crippen molar-refractivity contribution >= 4 is 30.7 Å². The molecule has 1 aliphatic heterocycles. The van der Waals surface area contributed by atoms with Crippen LogP contribution < -0.4 is 10.1 Å². The maximum Gasteiger partial charge on any atom is 0.236 e. The Morgan fingerprint density at radius 1 is 1.00 bits per heavy atom. The summed E-state index contributed by atoms with van der Waals surface area (Å²) in [4.78, 5) is 16.6. The van der Waals surface area contributed by atoms with E-state index >= 15 is 0 Å². The molecule has 2 aromatic carbocycles. The third-order valence-corrected chi connectivity index (χ3v) is 5.72. The molecule has 2 fully saturated rings. The Morgan fingerprint density at radius 2 is 1.67 bits per heavy atom. The lowest BCUT2D eigenvalue weighted by Gasteiger charge is -2.32. The second-order valence-electron chi connectivity index (χ2n) is 7.86. The van der Waals surface area contributed by atoms with Crippen molar-refractivity contribution in [2.24, 2.45) is 0 Å². The van der Waals surface area contributed by atoms with Crippen LogP contribution in [0.25, 0.3) is 0 Å². The fourth-order valence-electron chi connectivity index (χ4n) is 3.73. The molecule has 1 saturated carbocycles. The Bertz CT molecular complexity index is 781. The number of hydrogen-bond donors (Lipinski definition) is 1. The lowest BCUT2D eigenvalue weighted by molar-refractivity contribution is -0.131. The number of rotatable bonds is 7. The van der Waals surface area contributed by atoms with Crippen molar-refractivity contribution in [1.82, 2.24) is 15.1 Å². The number of halogens is 2. The first-order valence-electron chi connectivity index (χ1n) is 10.2. The van der Waals surface area contributed by atoms with E-state index in [4.69, 9.17) is 4.74 Å². The number of hydrogen-bond acceptors (Lipinski definition) is 4. The SMILES string of the molecule is CN1CCN(C(=O)CNC2CC2c2ccc(OCc3ccccc3)cc2)CC1.Cl.Cl. The van der Waals surface area contributed by atoms with Gasteiger partial charge in [0.15, 0.2) is 0 Å². The van der Waals surface area contributed by atoms with Crippen LogP contribution >= 0.6 is 24.8 Å². The van der Waals surface area contributed by atoms with Gasteiger partial charge in [-0.3, -0.25) is 4.79 Å². The minimum atomic E-state index is 0. The van der Waals surface area contributed by atoms with E-state index in [1.54, 1.807) is 0 Å². The number of nitrogens with zero attached hydrogens (tertiary/aromatic N) is 2. The van der Waals surface area contributed by atoms with E-state index in [1.165, 1.54) is 11.1 Å². The number of ether oxygens (including phenoxy) is 1. The van der Waals surface area contributed by atoms with Gasteiger partial charge in [0.1, 0.15) is 12.4 Å². The molecule has 2 unspecified atom stereocenters. The van der Waals surface area contributed by atoms with E-state index in [1.807, 2.05) is 35.2 Å². The standard InChI is InChI=1S/C23H29N3O2.2ClH/c1-25-11-13-26(14-12-25)23(27)16-24-22-15-21(22)19-7-9-20(10-8-19)28-17-18-5-3-2-4-6-18;;/h2-10,21-22,24H,11-17H2,1H3;2*1H. The van der Waals surface area contributed by atoms with Crippen LogP contribution in [0, 0.1) is 0 Å². The third-order valence-electron chi connectivity index (χ3n) is 5.72. The molecule has 4 rings (SSSR count). The average Bonchev–Trinajstić information content (AvgIpc) is 3.52. The van der Waals surface area contributed by atoms with Crippen LogP contribution in [-0.2, 0) is 11.4 Å². The Hall–Kier alpha value is -1.79. The van der Waals surface area contributed by atoms with E-state index in [-0.39, 0.29) is 30.7 Å². The van der Waals surface area contributed by atoms with Crippen LogP contribution in [0.1, 0.15) is 23.5 Å². The van der Waals surface area contributed by atoms with Gasteiger partial charge in [0, 0.05) is 38.1 Å². The fraction of sp³-hybridized carbons (Fsp3) is 0.435. The first-order chi connectivity index (χ1) is 13.7. The minimum Gasteiger partial charge on any atom is -0.489 e. The molecule has 2 aliphatic rings. The van der Waals surface area contributed by atoms with Crippen LogP contribution in [0.15, 0.2) is 54.6 Å². The van der Waals surface area contributed by atoms with Crippen molar-refractivity contribution in [3.05, 3.63) is 65.7 Å². The van der Waals surface area contributed by atoms with Crippen molar-refractivity contribution in [3.8, 4) is 5.75 Å². The monoisotopic (exact) mass is 451 g/mol. The van der Waals surface area contributed by atoms with E-state index in [0.717, 1.165) is 38.3 Å². The number of amides is 1.